The molecule has 3 atom stereocenters. The van der Waals surface area contributed by atoms with Crippen LogP contribution < -0.4 is 5.32 Å². The number of hydrogen-bond acceptors (Lipinski definition) is 3. The Morgan fingerprint density at radius 3 is 2.74 bits per heavy atom. The zero-order valence-electron chi connectivity index (χ0n) is 12.1. The molecule has 2 rings (SSSR count). The van der Waals surface area contributed by atoms with E-state index < -0.39 is 6.10 Å². The van der Waals surface area contributed by atoms with Crippen molar-refractivity contribution in [2.75, 3.05) is 6.54 Å². The summed E-state index contributed by atoms with van der Waals surface area (Å²) < 4.78 is 0. The largest absolute Gasteiger partial charge is 0.391 e. The molecule has 4 heteroatoms. The van der Waals surface area contributed by atoms with Crippen molar-refractivity contribution in [1.82, 2.24) is 5.32 Å². The van der Waals surface area contributed by atoms with Crippen LogP contribution in [0.2, 0.25) is 0 Å². The van der Waals surface area contributed by atoms with Gasteiger partial charge in [-0.25, -0.2) is 0 Å². The summed E-state index contributed by atoms with van der Waals surface area (Å²) in [6.07, 6.45) is 0.440. The molecule has 0 saturated heterocycles. The van der Waals surface area contributed by atoms with Gasteiger partial charge in [0, 0.05) is 28.1 Å². The van der Waals surface area contributed by atoms with Crippen molar-refractivity contribution in [3.05, 3.63) is 21.9 Å². The molecule has 0 bridgehead atoms. The molecule has 2 N–H and O–H groups in total. The van der Waals surface area contributed by atoms with Crippen molar-refractivity contribution < 1.29 is 9.90 Å². The predicted octanol–water partition coefficient (Wildman–Crippen LogP) is 2.68. The molecule has 3 unspecified atom stereocenters. The molecule has 1 aromatic heterocycles. The lowest BCUT2D eigenvalue weighted by molar-refractivity contribution is -0.123. The lowest BCUT2D eigenvalue weighted by atomic mass is 9.89. The van der Waals surface area contributed by atoms with Crippen LogP contribution in [0.3, 0.4) is 0 Å². The van der Waals surface area contributed by atoms with Gasteiger partial charge in [-0.3, -0.25) is 4.79 Å². The summed E-state index contributed by atoms with van der Waals surface area (Å²) in [6, 6.07) is 4.23. The summed E-state index contributed by atoms with van der Waals surface area (Å²) in [5.41, 5.74) is -0.193. The van der Waals surface area contributed by atoms with Crippen LogP contribution >= 0.6 is 11.3 Å². The van der Waals surface area contributed by atoms with E-state index >= 15 is 0 Å². The van der Waals surface area contributed by atoms with Gasteiger partial charge in [0.2, 0.25) is 5.91 Å². The number of aryl methyl sites for hydroxylation is 1. The second-order valence-corrected chi connectivity index (χ2v) is 7.84. The van der Waals surface area contributed by atoms with E-state index in [0.29, 0.717) is 12.5 Å². The van der Waals surface area contributed by atoms with Gasteiger partial charge in [0.1, 0.15) is 0 Å². The van der Waals surface area contributed by atoms with E-state index in [1.807, 2.05) is 20.8 Å². The third kappa shape index (κ3) is 3.57. The van der Waals surface area contributed by atoms with Crippen LogP contribution in [-0.4, -0.2) is 23.7 Å². The minimum atomic E-state index is -0.502. The van der Waals surface area contributed by atoms with Crippen LogP contribution in [0, 0.1) is 18.3 Å². The Balaban J connectivity index is 1.80. The van der Waals surface area contributed by atoms with Gasteiger partial charge >= 0.3 is 0 Å². The number of aliphatic hydroxyl groups is 1. The molecule has 19 heavy (non-hydrogen) atoms. The van der Waals surface area contributed by atoms with Gasteiger partial charge < -0.3 is 10.4 Å². The zero-order chi connectivity index (χ0) is 14.2. The maximum atomic E-state index is 12.0. The standard InChI is InChI=1S/C15H23NO2S/c1-9-5-6-12(19-9)10-7-11(10)14(18)16-8-13(17)15(2,3)4/h5-6,10-11,13,17H,7-8H2,1-4H3,(H,16,18). The van der Waals surface area contributed by atoms with E-state index in [-0.39, 0.29) is 17.2 Å². The first-order valence-electron chi connectivity index (χ1n) is 6.81. The molecule has 0 aromatic carbocycles. The minimum Gasteiger partial charge on any atom is -0.391 e. The average molecular weight is 281 g/mol. The second kappa shape index (κ2) is 5.25. The fourth-order valence-electron chi connectivity index (χ4n) is 2.09. The van der Waals surface area contributed by atoms with E-state index in [0.717, 1.165) is 6.42 Å². The SMILES string of the molecule is Cc1ccc(C2CC2C(=O)NCC(O)C(C)(C)C)s1. The maximum absolute atomic E-state index is 12.0. The quantitative estimate of drug-likeness (QED) is 0.891. The van der Waals surface area contributed by atoms with Crippen LogP contribution in [0.5, 0.6) is 0 Å². The number of hydrogen-bond donors (Lipinski definition) is 2. The van der Waals surface area contributed by atoms with Crippen molar-refractivity contribution in [2.24, 2.45) is 11.3 Å². The maximum Gasteiger partial charge on any atom is 0.223 e. The Hall–Kier alpha value is -0.870. The fraction of sp³-hybridized carbons (Fsp3) is 0.667. The highest BCUT2D eigenvalue weighted by Gasteiger charge is 2.44. The summed E-state index contributed by atoms with van der Waals surface area (Å²) >= 11 is 1.78. The first-order chi connectivity index (χ1) is 8.79. The first kappa shape index (κ1) is 14.5. The number of thiophene rings is 1. The van der Waals surface area contributed by atoms with Gasteiger partial charge in [-0.2, -0.15) is 0 Å². The van der Waals surface area contributed by atoms with Crippen molar-refractivity contribution >= 4 is 17.2 Å². The number of aliphatic hydroxyl groups excluding tert-OH is 1. The Kier molecular flexibility index (Phi) is 4.02. The van der Waals surface area contributed by atoms with Gasteiger partial charge in [0.05, 0.1) is 6.10 Å². The number of amides is 1. The third-order valence-corrected chi connectivity index (χ3v) is 4.86. The van der Waals surface area contributed by atoms with E-state index in [1.165, 1.54) is 9.75 Å². The lowest BCUT2D eigenvalue weighted by Crippen LogP contribution is -2.39. The van der Waals surface area contributed by atoms with E-state index in [2.05, 4.69) is 24.4 Å². The van der Waals surface area contributed by atoms with Gasteiger partial charge in [-0.15, -0.1) is 11.3 Å². The highest BCUT2D eigenvalue weighted by Crippen LogP contribution is 2.49. The summed E-state index contributed by atoms with van der Waals surface area (Å²) in [5, 5.41) is 12.8. The Labute approximate surface area is 119 Å². The molecule has 0 spiro atoms. The minimum absolute atomic E-state index is 0.0827. The van der Waals surface area contributed by atoms with Gasteiger partial charge in [0.25, 0.3) is 0 Å². The highest BCUT2D eigenvalue weighted by molar-refractivity contribution is 7.12. The molecule has 1 saturated carbocycles. The molecule has 106 valence electrons. The Bertz CT molecular complexity index is 461. The summed E-state index contributed by atoms with van der Waals surface area (Å²) in [7, 11) is 0. The first-order valence-corrected chi connectivity index (χ1v) is 7.63. The van der Waals surface area contributed by atoms with E-state index in [4.69, 9.17) is 0 Å². The number of carbonyl (C=O) groups excluding carboxylic acids is 1. The number of carbonyl (C=O) groups is 1. The topological polar surface area (TPSA) is 49.3 Å². The van der Waals surface area contributed by atoms with Crippen molar-refractivity contribution in [3.63, 3.8) is 0 Å². The molecular formula is C15H23NO2S. The molecule has 1 amide bonds. The lowest BCUT2D eigenvalue weighted by Gasteiger charge is -2.25. The summed E-state index contributed by atoms with van der Waals surface area (Å²) in [5.74, 6) is 0.579. The summed E-state index contributed by atoms with van der Waals surface area (Å²) in [6.45, 7) is 8.34. The second-order valence-electron chi connectivity index (χ2n) is 6.52. The molecule has 1 aromatic rings. The van der Waals surface area contributed by atoms with Crippen LogP contribution in [0.25, 0.3) is 0 Å². The van der Waals surface area contributed by atoms with Crippen molar-refractivity contribution in [3.8, 4) is 0 Å². The third-order valence-electron chi connectivity index (χ3n) is 3.72. The molecule has 1 heterocycles. The van der Waals surface area contributed by atoms with Crippen LogP contribution in [0.1, 0.15) is 42.9 Å². The highest BCUT2D eigenvalue weighted by atomic mass is 32.1. The van der Waals surface area contributed by atoms with E-state index in [1.54, 1.807) is 11.3 Å². The molecule has 1 fully saturated rings. The molecule has 3 nitrogen and oxygen atoms in total. The Morgan fingerprint density at radius 1 is 1.53 bits per heavy atom. The smallest absolute Gasteiger partial charge is 0.223 e. The van der Waals surface area contributed by atoms with Crippen molar-refractivity contribution in [1.29, 1.82) is 0 Å². The molecular weight excluding hydrogens is 258 g/mol. The normalized spacial score (nSPS) is 24.1. The van der Waals surface area contributed by atoms with Crippen LogP contribution in [-0.2, 0) is 4.79 Å². The molecule has 0 radical (unpaired) electrons. The van der Waals surface area contributed by atoms with Gasteiger partial charge in [-0.05, 0) is 30.9 Å². The number of rotatable bonds is 4. The fourth-order valence-corrected chi connectivity index (χ4v) is 3.14. The molecule has 1 aliphatic rings. The van der Waals surface area contributed by atoms with Crippen LogP contribution in [0.15, 0.2) is 12.1 Å². The van der Waals surface area contributed by atoms with E-state index in [9.17, 15) is 9.90 Å². The predicted molar refractivity (Wildman–Crippen MR) is 78.4 cm³/mol. The van der Waals surface area contributed by atoms with Gasteiger partial charge in [0.15, 0.2) is 0 Å². The van der Waals surface area contributed by atoms with Crippen LogP contribution in [0.4, 0.5) is 0 Å². The molecule has 1 aliphatic carbocycles. The monoisotopic (exact) mass is 281 g/mol. The Morgan fingerprint density at radius 2 is 2.21 bits per heavy atom. The zero-order valence-corrected chi connectivity index (χ0v) is 12.9. The number of nitrogens with one attached hydrogen (secondary N) is 1. The molecule has 0 aliphatic heterocycles. The summed E-state index contributed by atoms with van der Waals surface area (Å²) in [4.78, 5) is 14.6. The van der Waals surface area contributed by atoms with Gasteiger partial charge in [-0.1, -0.05) is 20.8 Å². The van der Waals surface area contributed by atoms with Crippen molar-refractivity contribution in [2.45, 2.75) is 46.1 Å². The average Bonchev–Trinajstić information content (AvgIpc) is 3.00.